The quantitative estimate of drug-likeness (QED) is 0.690. The van der Waals surface area contributed by atoms with E-state index in [9.17, 15) is 9.90 Å². The van der Waals surface area contributed by atoms with Gasteiger partial charge in [-0.3, -0.25) is 4.79 Å². The van der Waals surface area contributed by atoms with Crippen LogP contribution in [0.4, 0.5) is 0 Å². The third kappa shape index (κ3) is 4.54. The predicted octanol–water partition coefficient (Wildman–Crippen LogP) is 1.03. The van der Waals surface area contributed by atoms with E-state index < -0.39 is 5.91 Å². The number of carbonyl (C=O) groups is 1. The zero-order valence-corrected chi connectivity index (χ0v) is 10.3. The maximum atomic E-state index is 11.2. The molecule has 0 radical (unpaired) electrons. The summed E-state index contributed by atoms with van der Waals surface area (Å²) in [5, 5.41) is 12.5. The summed E-state index contributed by atoms with van der Waals surface area (Å²) in [5.74, 6) is -0.412. The summed E-state index contributed by atoms with van der Waals surface area (Å²) in [7, 11) is 0. The largest absolute Gasteiger partial charge is 0.393 e. The molecule has 0 saturated heterocycles. The monoisotopic (exact) mass is 236 g/mol. The number of hydrogen-bond donors (Lipinski definition) is 3. The first kappa shape index (κ1) is 13.7. The van der Waals surface area contributed by atoms with Crippen molar-refractivity contribution in [2.45, 2.75) is 39.0 Å². The van der Waals surface area contributed by atoms with Crippen molar-refractivity contribution < 1.29 is 9.90 Å². The van der Waals surface area contributed by atoms with Crippen molar-refractivity contribution >= 4 is 5.91 Å². The molecule has 1 amide bonds. The molecule has 1 rings (SSSR count). The molecule has 0 aliphatic rings. The van der Waals surface area contributed by atoms with E-state index in [1.807, 2.05) is 19.1 Å². The third-order valence-corrected chi connectivity index (χ3v) is 2.62. The molecule has 0 spiro atoms. The standard InChI is InChI=1S/C13H20N2O2/c1-9(7-10(2)16)15-8-11-5-3-4-6-12(11)13(14)17/h3-6,9-10,15-16H,7-8H2,1-2H3,(H2,14,17). The van der Waals surface area contributed by atoms with Crippen LogP contribution in [0.1, 0.15) is 36.2 Å². The zero-order chi connectivity index (χ0) is 12.8. The molecule has 2 atom stereocenters. The average molecular weight is 236 g/mol. The van der Waals surface area contributed by atoms with E-state index >= 15 is 0 Å². The van der Waals surface area contributed by atoms with Crippen LogP contribution < -0.4 is 11.1 Å². The lowest BCUT2D eigenvalue weighted by molar-refractivity contribution is 0.0999. The lowest BCUT2D eigenvalue weighted by Crippen LogP contribution is -2.29. The van der Waals surface area contributed by atoms with Crippen molar-refractivity contribution in [1.29, 1.82) is 0 Å². The SMILES string of the molecule is CC(O)CC(C)NCc1ccccc1C(N)=O. The summed E-state index contributed by atoms with van der Waals surface area (Å²) < 4.78 is 0. The second-order valence-corrected chi connectivity index (χ2v) is 4.39. The Bertz CT molecular complexity index is 377. The van der Waals surface area contributed by atoms with Crippen molar-refractivity contribution in [2.75, 3.05) is 0 Å². The van der Waals surface area contributed by atoms with Gasteiger partial charge in [-0.25, -0.2) is 0 Å². The van der Waals surface area contributed by atoms with Gasteiger partial charge in [0.1, 0.15) is 0 Å². The number of aliphatic hydroxyl groups is 1. The molecule has 4 heteroatoms. The molecule has 4 nitrogen and oxygen atoms in total. The topological polar surface area (TPSA) is 75.3 Å². The molecule has 2 unspecified atom stereocenters. The van der Waals surface area contributed by atoms with Gasteiger partial charge < -0.3 is 16.2 Å². The number of nitrogens with one attached hydrogen (secondary N) is 1. The Kier molecular flexibility index (Phi) is 5.12. The van der Waals surface area contributed by atoms with Crippen LogP contribution in [-0.2, 0) is 6.54 Å². The summed E-state index contributed by atoms with van der Waals surface area (Å²) in [5.41, 5.74) is 6.73. The minimum absolute atomic E-state index is 0.191. The van der Waals surface area contributed by atoms with Crippen molar-refractivity contribution in [1.82, 2.24) is 5.32 Å². The maximum absolute atomic E-state index is 11.2. The van der Waals surface area contributed by atoms with Gasteiger partial charge >= 0.3 is 0 Å². The molecular weight excluding hydrogens is 216 g/mol. The fourth-order valence-electron chi connectivity index (χ4n) is 1.79. The van der Waals surface area contributed by atoms with E-state index in [1.54, 1.807) is 19.1 Å². The van der Waals surface area contributed by atoms with Gasteiger partial charge in [-0.05, 0) is 31.9 Å². The van der Waals surface area contributed by atoms with Crippen LogP contribution in [0.25, 0.3) is 0 Å². The molecule has 0 heterocycles. The van der Waals surface area contributed by atoms with Gasteiger partial charge in [-0.2, -0.15) is 0 Å². The Hall–Kier alpha value is -1.39. The van der Waals surface area contributed by atoms with E-state index in [0.717, 1.165) is 5.56 Å². The Morgan fingerprint density at radius 2 is 2.06 bits per heavy atom. The second kappa shape index (κ2) is 6.37. The first-order chi connectivity index (χ1) is 8.00. The van der Waals surface area contributed by atoms with Crippen LogP contribution in [0.15, 0.2) is 24.3 Å². The minimum atomic E-state index is -0.412. The number of primary amides is 1. The Morgan fingerprint density at radius 1 is 1.41 bits per heavy atom. The highest BCUT2D eigenvalue weighted by atomic mass is 16.3. The van der Waals surface area contributed by atoms with E-state index in [0.29, 0.717) is 18.5 Å². The van der Waals surface area contributed by atoms with Gasteiger partial charge in [0.2, 0.25) is 5.91 Å². The number of amides is 1. The number of rotatable bonds is 6. The zero-order valence-electron chi connectivity index (χ0n) is 10.3. The summed E-state index contributed by atoms with van der Waals surface area (Å²) in [6, 6.07) is 7.46. The molecular formula is C13H20N2O2. The maximum Gasteiger partial charge on any atom is 0.249 e. The molecule has 0 aliphatic heterocycles. The molecule has 4 N–H and O–H groups in total. The van der Waals surface area contributed by atoms with Gasteiger partial charge in [-0.15, -0.1) is 0 Å². The molecule has 0 fully saturated rings. The van der Waals surface area contributed by atoms with Gasteiger partial charge in [-0.1, -0.05) is 18.2 Å². The number of aliphatic hydroxyl groups excluding tert-OH is 1. The number of benzene rings is 1. The molecule has 0 aromatic heterocycles. The van der Waals surface area contributed by atoms with E-state index in [1.165, 1.54) is 0 Å². The summed E-state index contributed by atoms with van der Waals surface area (Å²) in [6.45, 7) is 4.34. The number of hydrogen-bond acceptors (Lipinski definition) is 3. The highest BCUT2D eigenvalue weighted by Crippen LogP contribution is 2.08. The van der Waals surface area contributed by atoms with Crippen LogP contribution >= 0.6 is 0 Å². The van der Waals surface area contributed by atoms with E-state index in [-0.39, 0.29) is 12.1 Å². The van der Waals surface area contributed by atoms with Crippen LogP contribution in [0.3, 0.4) is 0 Å². The fraction of sp³-hybridized carbons (Fsp3) is 0.462. The molecule has 1 aromatic rings. The molecule has 1 aromatic carbocycles. The van der Waals surface area contributed by atoms with Crippen LogP contribution in [0, 0.1) is 0 Å². The van der Waals surface area contributed by atoms with Crippen molar-refractivity contribution in [3.8, 4) is 0 Å². The summed E-state index contributed by atoms with van der Waals surface area (Å²) in [4.78, 5) is 11.2. The summed E-state index contributed by atoms with van der Waals surface area (Å²) in [6.07, 6.45) is 0.350. The van der Waals surface area contributed by atoms with E-state index in [2.05, 4.69) is 5.32 Å². The highest BCUT2D eigenvalue weighted by molar-refractivity contribution is 5.94. The predicted molar refractivity (Wildman–Crippen MR) is 67.6 cm³/mol. The minimum Gasteiger partial charge on any atom is -0.393 e. The Labute approximate surface area is 102 Å². The second-order valence-electron chi connectivity index (χ2n) is 4.39. The lowest BCUT2D eigenvalue weighted by atomic mass is 10.1. The number of nitrogens with two attached hydrogens (primary N) is 1. The summed E-state index contributed by atoms with van der Waals surface area (Å²) >= 11 is 0. The molecule has 0 saturated carbocycles. The Balaban J connectivity index is 2.60. The first-order valence-electron chi connectivity index (χ1n) is 5.80. The van der Waals surface area contributed by atoms with Crippen LogP contribution in [0.2, 0.25) is 0 Å². The van der Waals surface area contributed by atoms with Crippen molar-refractivity contribution in [3.05, 3.63) is 35.4 Å². The van der Waals surface area contributed by atoms with Gasteiger partial charge in [0.25, 0.3) is 0 Å². The number of carbonyl (C=O) groups excluding carboxylic acids is 1. The van der Waals surface area contributed by atoms with Gasteiger partial charge in [0.05, 0.1) is 6.10 Å². The Morgan fingerprint density at radius 3 is 2.65 bits per heavy atom. The van der Waals surface area contributed by atoms with Gasteiger partial charge in [0.15, 0.2) is 0 Å². The normalized spacial score (nSPS) is 14.3. The van der Waals surface area contributed by atoms with Crippen LogP contribution in [0.5, 0.6) is 0 Å². The van der Waals surface area contributed by atoms with Gasteiger partial charge in [0, 0.05) is 18.2 Å². The molecule has 0 bridgehead atoms. The smallest absolute Gasteiger partial charge is 0.249 e. The van der Waals surface area contributed by atoms with Crippen molar-refractivity contribution in [3.63, 3.8) is 0 Å². The first-order valence-corrected chi connectivity index (χ1v) is 5.80. The molecule has 94 valence electrons. The highest BCUT2D eigenvalue weighted by Gasteiger charge is 2.09. The lowest BCUT2D eigenvalue weighted by Gasteiger charge is -2.16. The van der Waals surface area contributed by atoms with E-state index in [4.69, 9.17) is 5.73 Å². The molecule has 17 heavy (non-hydrogen) atoms. The average Bonchev–Trinajstić information content (AvgIpc) is 2.25. The van der Waals surface area contributed by atoms with Crippen LogP contribution in [-0.4, -0.2) is 23.2 Å². The van der Waals surface area contributed by atoms with Crippen molar-refractivity contribution in [2.24, 2.45) is 5.73 Å². The third-order valence-electron chi connectivity index (χ3n) is 2.62. The fourth-order valence-corrected chi connectivity index (χ4v) is 1.79. The molecule has 0 aliphatic carbocycles.